The minimum absolute atomic E-state index is 0.194. The molecule has 1 saturated carbocycles. The summed E-state index contributed by atoms with van der Waals surface area (Å²) in [5.74, 6) is -0.284. The van der Waals surface area contributed by atoms with Gasteiger partial charge in [-0.1, -0.05) is 31.0 Å². The summed E-state index contributed by atoms with van der Waals surface area (Å²) in [6.45, 7) is 0. The van der Waals surface area contributed by atoms with E-state index in [9.17, 15) is 9.18 Å². The predicted octanol–water partition coefficient (Wildman–Crippen LogP) is 5.04. The van der Waals surface area contributed by atoms with Crippen LogP contribution in [0.2, 0.25) is 0 Å². The molecular formula is C20H20FN3O. The molecule has 3 N–H and O–H groups in total. The third-order valence-corrected chi connectivity index (χ3v) is 4.77. The number of rotatable bonds is 3. The second-order valence-corrected chi connectivity index (χ2v) is 6.51. The van der Waals surface area contributed by atoms with E-state index in [1.807, 2.05) is 24.3 Å². The lowest BCUT2D eigenvalue weighted by Gasteiger charge is -2.14. The van der Waals surface area contributed by atoms with E-state index in [4.69, 9.17) is 0 Å². The topological polar surface area (TPSA) is 56.9 Å². The van der Waals surface area contributed by atoms with Gasteiger partial charge in [0.25, 0.3) is 0 Å². The lowest BCUT2D eigenvalue weighted by atomic mass is 10.1. The maximum Gasteiger partial charge on any atom is 0.319 e. The highest BCUT2D eigenvalue weighted by Gasteiger charge is 2.19. The van der Waals surface area contributed by atoms with Crippen LogP contribution < -0.4 is 10.6 Å². The van der Waals surface area contributed by atoms with Gasteiger partial charge < -0.3 is 15.6 Å². The lowest BCUT2D eigenvalue weighted by Crippen LogP contribution is -2.36. The standard InChI is InChI=1S/C20H20FN3O/c21-14-11-9-13(10-12-14)18-19(16-7-3-4-8-17(16)23-18)24-20(25)22-15-5-1-2-6-15/h3-4,7-12,15,23H,1-2,5-6H2,(H2,22,24,25). The average Bonchev–Trinajstić information content (AvgIpc) is 3.24. The minimum atomic E-state index is -0.284. The van der Waals surface area contributed by atoms with Crippen molar-refractivity contribution in [3.8, 4) is 11.3 Å². The maximum atomic E-state index is 13.3. The number of carbonyl (C=O) groups excluding carboxylic acids is 1. The summed E-state index contributed by atoms with van der Waals surface area (Å²) in [6, 6.07) is 14.1. The number of para-hydroxylation sites is 1. The maximum absolute atomic E-state index is 13.3. The van der Waals surface area contributed by atoms with E-state index in [-0.39, 0.29) is 17.9 Å². The van der Waals surface area contributed by atoms with Crippen molar-refractivity contribution in [3.63, 3.8) is 0 Å². The zero-order chi connectivity index (χ0) is 17.2. The molecule has 0 saturated heterocycles. The summed E-state index contributed by atoms with van der Waals surface area (Å²) >= 11 is 0. The normalized spacial score (nSPS) is 14.8. The Balaban J connectivity index is 1.69. The van der Waals surface area contributed by atoms with Crippen molar-refractivity contribution in [3.05, 3.63) is 54.3 Å². The number of halogens is 1. The zero-order valence-corrected chi connectivity index (χ0v) is 13.8. The highest BCUT2D eigenvalue weighted by Crippen LogP contribution is 2.35. The Hall–Kier alpha value is -2.82. The Morgan fingerprint density at radius 3 is 2.52 bits per heavy atom. The van der Waals surface area contributed by atoms with Crippen LogP contribution in [0.15, 0.2) is 48.5 Å². The van der Waals surface area contributed by atoms with Crippen LogP contribution in [0.25, 0.3) is 22.2 Å². The monoisotopic (exact) mass is 337 g/mol. The van der Waals surface area contributed by atoms with Crippen LogP contribution in [0.1, 0.15) is 25.7 Å². The summed E-state index contributed by atoms with van der Waals surface area (Å²) in [7, 11) is 0. The molecule has 0 spiro atoms. The highest BCUT2D eigenvalue weighted by molar-refractivity contribution is 6.07. The Bertz CT molecular complexity index is 895. The van der Waals surface area contributed by atoms with Crippen LogP contribution in [0, 0.1) is 5.82 Å². The number of anilines is 1. The quantitative estimate of drug-likeness (QED) is 0.616. The zero-order valence-electron chi connectivity index (χ0n) is 13.8. The number of carbonyl (C=O) groups is 1. The summed E-state index contributed by atoms with van der Waals surface area (Å²) < 4.78 is 13.3. The molecule has 128 valence electrons. The fourth-order valence-corrected chi connectivity index (χ4v) is 3.51. The van der Waals surface area contributed by atoms with Crippen LogP contribution in [0.5, 0.6) is 0 Å². The minimum Gasteiger partial charge on any atom is -0.353 e. The first-order valence-corrected chi connectivity index (χ1v) is 8.65. The summed E-state index contributed by atoms with van der Waals surface area (Å²) in [6.07, 6.45) is 4.40. The van der Waals surface area contributed by atoms with E-state index in [0.29, 0.717) is 0 Å². The Labute approximate surface area is 145 Å². The average molecular weight is 337 g/mol. The molecule has 0 aliphatic heterocycles. The second kappa shape index (κ2) is 6.59. The van der Waals surface area contributed by atoms with Gasteiger partial charge >= 0.3 is 6.03 Å². The third kappa shape index (κ3) is 3.22. The summed E-state index contributed by atoms with van der Waals surface area (Å²) in [4.78, 5) is 15.8. The van der Waals surface area contributed by atoms with Crippen molar-refractivity contribution in [2.24, 2.45) is 0 Å². The molecule has 2 amide bonds. The molecule has 1 aromatic heterocycles. The van der Waals surface area contributed by atoms with Gasteiger partial charge in [-0.25, -0.2) is 9.18 Å². The fraction of sp³-hybridized carbons (Fsp3) is 0.250. The van der Waals surface area contributed by atoms with Gasteiger partial charge in [0.2, 0.25) is 0 Å². The number of nitrogens with one attached hydrogen (secondary N) is 3. The number of hydrogen-bond donors (Lipinski definition) is 3. The number of H-pyrrole nitrogens is 1. The van der Waals surface area contributed by atoms with Gasteiger partial charge in [0, 0.05) is 22.5 Å². The van der Waals surface area contributed by atoms with E-state index in [0.717, 1.165) is 40.7 Å². The molecule has 1 aliphatic rings. The van der Waals surface area contributed by atoms with Gasteiger partial charge in [0.15, 0.2) is 0 Å². The molecule has 1 fully saturated rings. The van der Waals surface area contributed by atoms with Gasteiger partial charge in [0.05, 0.1) is 11.4 Å². The van der Waals surface area contributed by atoms with Crippen LogP contribution in [0.3, 0.4) is 0 Å². The number of benzene rings is 2. The molecule has 4 nitrogen and oxygen atoms in total. The first-order chi connectivity index (χ1) is 12.2. The molecule has 0 bridgehead atoms. The van der Waals surface area contributed by atoms with E-state index in [1.165, 1.54) is 25.0 Å². The number of hydrogen-bond acceptors (Lipinski definition) is 1. The van der Waals surface area contributed by atoms with E-state index < -0.39 is 0 Å². The number of fused-ring (bicyclic) bond motifs is 1. The van der Waals surface area contributed by atoms with Crippen molar-refractivity contribution in [2.75, 3.05) is 5.32 Å². The molecule has 3 aromatic rings. The highest BCUT2D eigenvalue weighted by atomic mass is 19.1. The Morgan fingerprint density at radius 1 is 1.04 bits per heavy atom. The molecular weight excluding hydrogens is 317 g/mol. The van der Waals surface area contributed by atoms with Gasteiger partial charge in [-0.3, -0.25) is 0 Å². The fourth-order valence-electron chi connectivity index (χ4n) is 3.51. The van der Waals surface area contributed by atoms with Crippen molar-refractivity contribution < 1.29 is 9.18 Å². The Kier molecular flexibility index (Phi) is 4.14. The molecule has 4 rings (SSSR count). The van der Waals surface area contributed by atoms with Gasteiger partial charge in [0.1, 0.15) is 5.82 Å². The van der Waals surface area contributed by atoms with Gasteiger partial charge in [-0.2, -0.15) is 0 Å². The Morgan fingerprint density at radius 2 is 1.76 bits per heavy atom. The largest absolute Gasteiger partial charge is 0.353 e. The third-order valence-electron chi connectivity index (χ3n) is 4.77. The van der Waals surface area contributed by atoms with Crippen LogP contribution in [0.4, 0.5) is 14.9 Å². The molecule has 5 heteroatoms. The van der Waals surface area contributed by atoms with Crippen molar-refractivity contribution in [1.29, 1.82) is 0 Å². The lowest BCUT2D eigenvalue weighted by molar-refractivity contribution is 0.248. The number of aromatic nitrogens is 1. The van der Waals surface area contributed by atoms with E-state index >= 15 is 0 Å². The number of urea groups is 1. The summed E-state index contributed by atoms with van der Waals surface area (Å²) in [5.41, 5.74) is 3.26. The predicted molar refractivity (Wildman–Crippen MR) is 98.1 cm³/mol. The second-order valence-electron chi connectivity index (χ2n) is 6.51. The van der Waals surface area contributed by atoms with Crippen molar-refractivity contribution in [1.82, 2.24) is 10.3 Å². The SMILES string of the molecule is O=C(Nc1c(-c2ccc(F)cc2)[nH]c2ccccc12)NC1CCCC1. The molecule has 2 aromatic carbocycles. The molecule has 0 unspecified atom stereocenters. The first kappa shape index (κ1) is 15.7. The number of amides is 2. The van der Waals surface area contributed by atoms with E-state index in [2.05, 4.69) is 15.6 Å². The smallest absolute Gasteiger partial charge is 0.319 e. The summed E-state index contributed by atoms with van der Waals surface area (Å²) in [5, 5.41) is 6.98. The van der Waals surface area contributed by atoms with Crippen molar-refractivity contribution >= 4 is 22.6 Å². The van der Waals surface area contributed by atoms with Crippen LogP contribution in [-0.4, -0.2) is 17.1 Å². The molecule has 1 heterocycles. The van der Waals surface area contributed by atoms with Crippen LogP contribution >= 0.6 is 0 Å². The number of aromatic amines is 1. The van der Waals surface area contributed by atoms with Gasteiger partial charge in [-0.15, -0.1) is 0 Å². The molecule has 25 heavy (non-hydrogen) atoms. The molecule has 0 radical (unpaired) electrons. The first-order valence-electron chi connectivity index (χ1n) is 8.65. The molecule has 0 atom stereocenters. The van der Waals surface area contributed by atoms with E-state index in [1.54, 1.807) is 12.1 Å². The van der Waals surface area contributed by atoms with Crippen LogP contribution in [-0.2, 0) is 0 Å². The van der Waals surface area contributed by atoms with Gasteiger partial charge in [-0.05, 0) is 43.2 Å². The van der Waals surface area contributed by atoms with Crippen molar-refractivity contribution in [2.45, 2.75) is 31.7 Å². The molecule has 1 aliphatic carbocycles.